The highest BCUT2D eigenvalue weighted by molar-refractivity contribution is 7.98. The number of hydrogen-bond acceptors (Lipinski definition) is 4. The van der Waals surface area contributed by atoms with Gasteiger partial charge in [0.15, 0.2) is 10.9 Å². The number of furan rings is 1. The van der Waals surface area contributed by atoms with E-state index in [2.05, 4.69) is 5.32 Å². The summed E-state index contributed by atoms with van der Waals surface area (Å²) < 4.78 is 5.23. The van der Waals surface area contributed by atoms with Gasteiger partial charge in [-0.25, -0.2) is 4.79 Å². The highest BCUT2D eigenvalue weighted by atomic mass is 32.2. The fraction of sp³-hybridized carbons (Fsp3) is 0.455. The lowest BCUT2D eigenvalue weighted by molar-refractivity contribution is -0.139. The molecule has 1 fully saturated rings. The largest absolute Gasteiger partial charge is 0.480 e. The van der Waals surface area contributed by atoms with E-state index in [9.17, 15) is 9.59 Å². The van der Waals surface area contributed by atoms with Crippen LogP contribution in [-0.2, 0) is 4.79 Å². The molecule has 1 amide bonds. The first kappa shape index (κ1) is 12.0. The van der Waals surface area contributed by atoms with E-state index in [1.165, 1.54) is 11.8 Å². The van der Waals surface area contributed by atoms with Crippen LogP contribution in [0.15, 0.2) is 21.6 Å². The van der Waals surface area contributed by atoms with Crippen molar-refractivity contribution in [3.63, 3.8) is 0 Å². The molecular weight excluding hydrogens is 242 g/mol. The first-order chi connectivity index (χ1) is 8.11. The maximum Gasteiger partial charge on any atom is 0.326 e. The van der Waals surface area contributed by atoms with Crippen molar-refractivity contribution in [3.8, 4) is 0 Å². The van der Waals surface area contributed by atoms with Crippen LogP contribution in [-0.4, -0.2) is 29.3 Å². The van der Waals surface area contributed by atoms with Gasteiger partial charge >= 0.3 is 5.97 Å². The number of nitrogens with one attached hydrogen (secondary N) is 1. The fourth-order valence-corrected chi connectivity index (χ4v) is 1.95. The van der Waals surface area contributed by atoms with Crippen molar-refractivity contribution in [2.45, 2.75) is 24.0 Å². The molecule has 1 saturated carbocycles. The van der Waals surface area contributed by atoms with Gasteiger partial charge in [0.2, 0.25) is 0 Å². The van der Waals surface area contributed by atoms with Crippen LogP contribution >= 0.6 is 11.8 Å². The van der Waals surface area contributed by atoms with E-state index in [-0.39, 0.29) is 11.7 Å². The lowest BCUT2D eigenvalue weighted by Crippen LogP contribution is -2.42. The van der Waals surface area contributed by atoms with Crippen LogP contribution in [0.2, 0.25) is 0 Å². The SMILES string of the molecule is CSc1ccc(C(=O)NC(C(=O)O)C2CC2)o1. The van der Waals surface area contributed by atoms with Gasteiger partial charge in [-0.2, -0.15) is 0 Å². The molecular formula is C11H13NO4S. The van der Waals surface area contributed by atoms with E-state index < -0.39 is 17.9 Å². The Bertz CT molecular complexity index is 438. The van der Waals surface area contributed by atoms with Crippen LogP contribution < -0.4 is 5.32 Å². The molecule has 1 aliphatic rings. The zero-order valence-corrected chi connectivity index (χ0v) is 10.1. The summed E-state index contributed by atoms with van der Waals surface area (Å²) in [5.74, 6) is -1.24. The van der Waals surface area contributed by atoms with Gasteiger partial charge in [0, 0.05) is 0 Å². The van der Waals surface area contributed by atoms with E-state index >= 15 is 0 Å². The van der Waals surface area contributed by atoms with Crippen LogP contribution in [0, 0.1) is 5.92 Å². The lowest BCUT2D eigenvalue weighted by Gasteiger charge is -2.11. The predicted octanol–water partition coefficient (Wildman–Crippen LogP) is 1.59. The molecule has 1 aromatic rings. The molecule has 0 bridgehead atoms. The van der Waals surface area contributed by atoms with Gasteiger partial charge in [-0.1, -0.05) is 11.8 Å². The number of hydrogen-bond donors (Lipinski definition) is 2. The quantitative estimate of drug-likeness (QED) is 0.781. The molecule has 2 N–H and O–H groups in total. The van der Waals surface area contributed by atoms with Crippen LogP contribution in [0.4, 0.5) is 0 Å². The average molecular weight is 255 g/mol. The molecule has 1 unspecified atom stereocenters. The van der Waals surface area contributed by atoms with Gasteiger partial charge in [-0.05, 0) is 37.1 Å². The Morgan fingerprint density at radius 2 is 2.24 bits per heavy atom. The standard InChI is InChI=1S/C11H13NO4S/c1-17-8-5-4-7(16-8)10(13)12-9(11(14)15)6-2-3-6/h4-6,9H,2-3H2,1H3,(H,12,13)(H,14,15). The Labute approximate surface area is 103 Å². The molecule has 1 aromatic heterocycles. The molecule has 92 valence electrons. The Balaban J connectivity index is 2.02. The number of carbonyl (C=O) groups excluding carboxylic acids is 1. The highest BCUT2D eigenvalue weighted by Crippen LogP contribution is 2.33. The van der Waals surface area contributed by atoms with Crippen LogP contribution in [0.25, 0.3) is 0 Å². The van der Waals surface area contributed by atoms with Gasteiger partial charge in [0.25, 0.3) is 5.91 Å². The summed E-state index contributed by atoms with van der Waals surface area (Å²) in [6.45, 7) is 0. The van der Waals surface area contributed by atoms with Gasteiger partial charge in [0.05, 0.1) is 0 Å². The summed E-state index contributed by atoms with van der Waals surface area (Å²) in [5, 5.41) is 12.1. The molecule has 1 atom stereocenters. The Morgan fingerprint density at radius 3 is 2.71 bits per heavy atom. The van der Waals surface area contributed by atoms with Crippen molar-refractivity contribution >= 4 is 23.6 Å². The summed E-state index contributed by atoms with van der Waals surface area (Å²) in [5.41, 5.74) is 0. The number of carboxylic acids is 1. The number of aliphatic carboxylic acids is 1. The van der Waals surface area contributed by atoms with Gasteiger partial charge in [0.1, 0.15) is 6.04 Å². The first-order valence-corrected chi connectivity index (χ1v) is 6.52. The maximum atomic E-state index is 11.7. The molecule has 0 spiro atoms. The summed E-state index contributed by atoms with van der Waals surface area (Å²) in [4.78, 5) is 22.7. The van der Waals surface area contributed by atoms with Crippen LogP contribution in [0.3, 0.4) is 0 Å². The smallest absolute Gasteiger partial charge is 0.326 e. The Morgan fingerprint density at radius 1 is 1.53 bits per heavy atom. The third kappa shape index (κ3) is 2.82. The Hall–Kier alpha value is -1.43. The second-order valence-electron chi connectivity index (χ2n) is 3.95. The maximum absolute atomic E-state index is 11.7. The molecule has 2 rings (SSSR count). The fourth-order valence-electron chi connectivity index (χ4n) is 1.58. The number of carbonyl (C=O) groups is 2. The minimum atomic E-state index is -0.988. The number of carboxylic acid groups (broad SMARTS) is 1. The lowest BCUT2D eigenvalue weighted by atomic mass is 10.2. The molecule has 0 saturated heterocycles. The summed E-state index contributed by atoms with van der Waals surface area (Å²) in [6, 6.07) is 2.43. The van der Waals surface area contributed by atoms with Gasteiger partial charge < -0.3 is 14.8 Å². The zero-order valence-electron chi connectivity index (χ0n) is 9.30. The minimum Gasteiger partial charge on any atom is -0.480 e. The molecule has 17 heavy (non-hydrogen) atoms. The highest BCUT2D eigenvalue weighted by Gasteiger charge is 2.37. The van der Waals surface area contributed by atoms with Crippen molar-refractivity contribution in [1.82, 2.24) is 5.32 Å². The van der Waals surface area contributed by atoms with Gasteiger partial charge in [-0.15, -0.1) is 0 Å². The van der Waals surface area contributed by atoms with E-state index in [0.29, 0.717) is 5.09 Å². The van der Waals surface area contributed by atoms with E-state index in [1.54, 1.807) is 12.1 Å². The average Bonchev–Trinajstić information content (AvgIpc) is 3.01. The number of thioether (sulfide) groups is 1. The van der Waals surface area contributed by atoms with E-state index in [1.807, 2.05) is 6.26 Å². The zero-order chi connectivity index (χ0) is 12.4. The molecule has 1 aliphatic carbocycles. The monoisotopic (exact) mass is 255 g/mol. The number of amides is 1. The Kier molecular flexibility index (Phi) is 3.42. The topological polar surface area (TPSA) is 79.5 Å². The second-order valence-corrected chi connectivity index (χ2v) is 4.76. The predicted molar refractivity (Wildman–Crippen MR) is 62.1 cm³/mol. The summed E-state index contributed by atoms with van der Waals surface area (Å²) in [6.07, 6.45) is 3.54. The van der Waals surface area contributed by atoms with Crippen molar-refractivity contribution in [1.29, 1.82) is 0 Å². The molecule has 1 heterocycles. The van der Waals surface area contributed by atoms with Crippen molar-refractivity contribution < 1.29 is 19.1 Å². The van der Waals surface area contributed by atoms with Crippen LogP contribution in [0.5, 0.6) is 0 Å². The normalized spacial score (nSPS) is 16.5. The van der Waals surface area contributed by atoms with Crippen LogP contribution in [0.1, 0.15) is 23.4 Å². The molecule has 5 nitrogen and oxygen atoms in total. The summed E-state index contributed by atoms with van der Waals surface area (Å²) in [7, 11) is 0. The second kappa shape index (κ2) is 4.83. The molecule has 0 aromatic carbocycles. The van der Waals surface area contributed by atoms with Crippen molar-refractivity contribution in [3.05, 3.63) is 17.9 Å². The van der Waals surface area contributed by atoms with E-state index in [0.717, 1.165) is 12.8 Å². The molecule has 0 aliphatic heterocycles. The summed E-state index contributed by atoms with van der Waals surface area (Å²) >= 11 is 1.39. The molecule has 6 heteroatoms. The minimum absolute atomic E-state index is 0.0615. The first-order valence-electron chi connectivity index (χ1n) is 5.29. The molecule has 0 radical (unpaired) electrons. The van der Waals surface area contributed by atoms with Crippen molar-refractivity contribution in [2.75, 3.05) is 6.26 Å². The van der Waals surface area contributed by atoms with Gasteiger partial charge in [-0.3, -0.25) is 4.79 Å². The third-order valence-electron chi connectivity index (χ3n) is 2.65. The number of rotatable bonds is 5. The third-order valence-corrected chi connectivity index (χ3v) is 3.27. The van der Waals surface area contributed by atoms with E-state index in [4.69, 9.17) is 9.52 Å². The van der Waals surface area contributed by atoms with Crippen molar-refractivity contribution in [2.24, 2.45) is 5.92 Å².